The van der Waals surface area contributed by atoms with Gasteiger partial charge in [0.1, 0.15) is 4.88 Å². The minimum absolute atomic E-state index is 0.00125. The molecule has 1 aliphatic rings. The van der Waals surface area contributed by atoms with Crippen LogP contribution in [0.3, 0.4) is 0 Å². The molecule has 1 amide bonds. The van der Waals surface area contributed by atoms with Gasteiger partial charge in [-0.25, -0.2) is 4.79 Å². The quantitative estimate of drug-likeness (QED) is 0.209. The van der Waals surface area contributed by atoms with E-state index in [0.29, 0.717) is 29.7 Å². The number of thiophene rings is 1. The van der Waals surface area contributed by atoms with Crippen LogP contribution in [0.4, 0.5) is 5.69 Å². The Kier molecular flexibility index (Phi) is 8.18. The molecular formula is C25H29NO4S. The number of hydrogen-bond acceptors (Lipinski definition) is 5. The first-order valence-electron chi connectivity index (χ1n) is 10.8. The number of benzene rings is 1. The average molecular weight is 440 g/mol. The van der Waals surface area contributed by atoms with Crippen molar-refractivity contribution in [3.05, 3.63) is 63.9 Å². The average Bonchev–Trinajstić information content (AvgIpc) is 3.40. The first kappa shape index (κ1) is 22.9. The van der Waals surface area contributed by atoms with Gasteiger partial charge in [0.2, 0.25) is 5.91 Å². The molecule has 1 fully saturated rings. The summed E-state index contributed by atoms with van der Waals surface area (Å²) in [6.45, 7) is 2.12. The van der Waals surface area contributed by atoms with E-state index >= 15 is 0 Å². The molecular weight excluding hydrogens is 410 g/mol. The number of amides is 1. The van der Waals surface area contributed by atoms with Crippen LogP contribution in [-0.2, 0) is 16.0 Å². The number of Topliss-reactive ketones (excluding diaryl/α,β-unsaturated/α-hetero) is 1. The lowest BCUT2D eigenvalue weighted by Gasteiger charge is -2.22. The van der Waals surface area contributed by atoms with Crippen LogP contribution in [0.15, 0.2) is 48.6 Å². The molecule has 0 spiro atoms. The van der Waals surface area contributed by atoms with Crippen LogP contribution in [0.2, 0.25) is 0 Å². The molecule has 1 atom stereocenters. The molecule has 0 aliphatic carbocycles. The first-order valence-corrected chi connectivity index (χ1v) is 11.6. The van der Waals surface area contributed by atoms with Gasteiger partial charge in [0.05, 0.1) is 13.2 Å². The second-order valence-electron chi connectivity index (χ2n) is 7.69. The molecule has 3 rings (SSSR count). The molecule has 1 unspecified atom stereocenters. The zero-order chi connectivity index (χ0) is 22.2. The van der Waals surface area contributed by atoms with Crippen molar-refractivity contribution >= 4 is 34.7 Å². The number of rotatable bonds is 10. The standard InChI is InChI=1S/C25H29NO4S/c1-3-4-5-9-22(27)18-10-12-20(13-11-18)26-19(14-17-24(26)28)7-6-8-21-15-16-23(31-21)25(29)30-2/h6-7,10-13,15-16,19H,3-5,8-9,14,17H2,1-2H3. The number of carbonyl (C=O) groups is 3. The van der Waals surface area contributed by atoms with Crippen LogP contribution >= 0.6 is 11.3 Å². The van der Waals surface area contributed by atoms with Gasteiger partial charge in [-0.15, -0.1) is 11.3 Å². The van der Waals surface area contributed by atoms with Crippen LogP contribution in [0.1, 0.15) is 70.4 Å². The van der Waals surface area contributed by atoms with E-state index in [9.17, 15) is 14.4 Å². The molecule has 1 aliphatic heterocycles. The van der Waals surface area contributed by atoms with E-state index in [2.05, 4.69) is 19.1 Å². The lowest BCUT2D eigenvalue weighted by molar-refractivity contribution is -0.117. The van der Waals surface area contributed by atoms with Crippen LogP contribution in [0, 0.1) is 0 Å². The van der Waals surface area contributed by atoms with Crippen LogP contribution in [-0.4, -0.2) is 30.8 Å². The number of ether oxygens (including phenoxy) is 1. The number of carbonyl (C=O) groups excluding carboxylic acids is 3. The summed E-state index contributed by atoms with van der Waals surface area (Å²) in [5.74, 6) is -0.0627. The van der Waals surface area contributed by atoms with Crippen molar-refractivity contribution in [1.29, 1.82) is 0 Å². The molecule has 1 aromatic carbocycles. The molecule has 0 bridgehead atoms. The molecule has 0 saturated carbocycles. The topological polar surface area (TPSA) is 63.7 Å². The Morgan fingerprint density at radius 2 is 1.94 bits per heavy atom. The van der Waals surface area contributed by atoms with Crippen molar-refractivity contribution in [3.8, 4) is 0 Å². The van der Waals surface area contributed by atoms with E-state index in [1.54, 1.807) is 6.07 Å². The van der Waals surface area contributed by atoms with Gasteiger partial charge < -0.3 is 9.64 Å². The summed E-state index contributed by atoms with van der Waals surface area (Å²) in [5.41, 5.74) is 1.53. The fourth-order valence-corrected chi connectivity index (χ4v) is 4.65. The van der Waals surface area contributed by atoms with Gasteiger partial charge >= 0.3 is 5.97 Å². The van der Waals surface area contributed by atoms with Crippen molar-refractivity contribution in [3.63, 3.8) is 0 Å². The maximum Gasteiger partial charge on any atom is 0.348 e. The second kappa shape index (κ2) is 11.0. The van der Waals surface area contributed by atoms with E-state index < -0.39 is 0 Å². The monoisotopic (exact) mass is 439 g/mol. The highest BCUT2D eigenvalue weighted by Crippen LogP contribution is 2.28. The SMILES string of the molecule is CCCCCC(=O)c1ccc(N2C(=O)CCC2C=CCc2ccc(C(=O)OC)s2)cc1. The van der Waals surface area contributed by atoms with Crippen molar-refractivity contribution in [2.45, 2.75) is 57.9 Å². The van der Waals surface area contributed by atoms with Gasteiger partial charge in [-0.3, -0.25) is 9.59 Å². The number of nitrogens with zero attached hydrogens (tertiary/aromatic N) is 1. The molecule has 6 heteroatoms. The minimum Gasteiger partial charge on any atom is -0.465 e. The van der Waals surface area contributed by atoms with E-state index in [1.165, 1.54) is 18.4 Å². The van der Waals surface area contributed by atoms with E-state index in [1.807, 2.05) is 35.2 Å². The Labute approximate surface area is 187 Å². The summed E-state index contributed by atoms with van der Waals surface area (Å²) >= 11 is 1.42. The predicted molar refractivity (Wildman–Crippen MR) is 124 cm³/mol. The first-order chi connectivity index (χ1) is 15.0. The molecule has 2 heterocycles. The fraction of sp³-hybridized carbons (Fsp3) is 0.400. The summed E-state index contributed by atoms with van der Waals surface area (Å²) in [5, 5.41) is 0. The largest absolute Gasteiger partial charge is 0.465 e. The normalized spacial score (nSPS) is 16.3. The van der Waals surface area contributed by atoms with Crippen LogP contribution in [0.25, 0.3) is 0 Å². The third kappa shape index (κ3) is 5.91. The Morgan fingerprint density at radius 3 is 2.65 bits per heavy atom. The highest BCUT2D eigenvalue weighted by molar-refractivity contribution is 7.13. The smallest absolute Gasteiger partial charge is 0.348 e. The number of esters is 1. The predicted octanol–water partition coefficient (Wildman–Crippen LogP) is 5.59. The molecule has 0 radical (unpaired) electrons. The van der Waals surface area contributed by atoms with Crippen molar-refractivity contribution in [2.24, 2.45) is 0 Å². The molecule has 1 saturated heterocycles. The van der Waals surface area contributed by atoms with Crippen LogP contribution in [0.5, 0.6) is 0 Å². The maximum absolute atomic E-state index is 12.5. The highest BCUT2D eigenvalue weighted by atomic mass is 32.1. The molecule has 31 heavy (non-hydrogen) atoms. The lowest BCUT2D eigenvalue weighted by atomic mass is 10.0. The number of allylic oxidation sites excluding steroid dienone is 1. The summed E-state index contributed by atoms with van der Waals surface area (Å²) < 4.78 is 4.75. The van der Waals surface area contributed by atoms with E-state index in [-0.39, 0.29) is 23.7 Å². The molecule has 1 aromatic heterocycles. The summed E-state index contributed by atoms with van der Waals surface area (Å²) in [7, 11) is 1.38. The molecule has 0 N–H and O–H groups in total. The van der Waals surface area contributed by atoms with Gasteiger partial charge in [0.15, 0.2) is 5.78 Å². The summed E-state index contributed by atoms with van der Waals surface area (Å²) in [6.07, 6.45) is 9.74. The second-order valence-corrected chi connectivity index (χ2v) is 8.86. The van der Waals surface area contributed by atoms with Gasteiger partial charge in [-0.05, 0) is 55.7 Å². The van der Waals surface area contributed by atoms with Gasteiger partial charge in [0.25, 0.3) is 0 Å². The van der Waals surface area contributed by atoms with Crippen molar-refractivity contribution in [1.82, 2.24) is 0 Å². The van der Waals surface area contributed by atoms with Crippen molar-refractivity contribution in [2.75, 3.05) is 12.0 Å². The number of ketones is 1. The molecule has 164 valence electrons. The highest BCUT2D eigenvalue weighted by Gasteiger charge is 2.30. The minimum atomic E-state index is -0.319. The third-order valence-electron chi connectivity index (χ3n) is 5.45. The van der Waals surface area contributed by atoms with Gasteiger partial charge in [0, 0.05) is 29.0 Å². The Bertz CT molecular complexity index is 945. The number of anilines is 1. The molecule has 2 aromatic rings. The molecule has 5 nitrogen and oxygen atoms in total. The Balaban J connectivity index is 1.63. The Hall–Kier alpha value is -2.73. The maximum atomic E-state index is 12.5. The van der Waals surface area contributed by atoms with Crippen molar-refractivity contribution < 1.29 is 19.1 Å². The zero-order valence-corrected chi connectivity index (χ0v) is 19.0. The summed E-state index contributed by atoms with van der Waals surface area (Å²) in [4.78, 5) is 39.9. The lowest BCUT2D eigenvalue weighted by Crippen LogP contribution is -2.31. The summed E-state index contributed by atoms with van der Waals surface area (Å²) in [6, 6.07) is 11.1. The van der Waals surface area contributed by atoms with Crippen LogP contribution < -0.4 is 4.90 Å². The van der Waals surface area contributed by atoms with E-state index in [0.717, 1.165) is 36.2 Å². The Morgan fingerprint density at radius 1 is 1.16 bits per heavy atom. The number of unbranched alkanes of at least 4 members (excludes halogenated alkanes) is 2. The zero-order valence-electron chi connectivity index (χ0n) is 18.1. The van der Waals surface area contributed by atoms with E-state index in [4.69, 9.17) is 4.74 Å². The number of hydrogen-bond donors (Lipinski definition) is 0. The fourth-order valence-electron chi connectivity index (χ4n) is 3.75. The number of methoxy groups -OCH3 is 1. The van der Waals surface area contributed by atoms with Gasteiger partial charge in [-0.1, -0.05) is 31.9 Å². The third-order valence-corrected chi connectivity index (χ3v) is 6.54. The van der Waals surface area contributed by atoms with Gasteiger partial charge in [-0.2, -0.15) is 0 Å².